The van der Waals surface area contributed by atoms with Gasteiger partial charge >= 0.3 is 18.3 Å². The van der Waals surface area contributed by atoms with Gasteiger partial charge in [0.05, 0.1) is 11.9 Å². The molecule has 4 heterocycles. The number of pyridine rings is 1. The van der Waals surface area contributed by atoms with E-state index in [1.54, 1.807) is 0 Å². The maximum absolute atomic E-state index is 13.0. The molecule has 1 amide bonds. The van der Waals surface area contributed by atoms with E-state index in [0.29, 0.717) is 4.58 Å². The van der Waals surface area contributed by atoms with Crippen molar-refractivity contribution in [3.63, 3.8) is 0 Å². The molecular formula is C17H10F6N5O+. The van der Waals surface area contributed by atoms with E-state index in [9.17, 15) is 31.1 Å². The largest absolute Gasteiger partial charge is 0.448 e. The van der Waals surface area contributed by atoms with Gasteiger partial charge in [0.1, 0.15) is 11.3 Å². The van der Waals surface area contributed by atoms with Crippen LogP contribution in [0, 0.1) is 0 Å². The first-order chi connectivity index (χ1) is 13.5. The van der Waals surface area contributed by atoms with Crippen molar-refractivity contribution < 1.29 is 35.7 Å². The molecule has 29 heavy (non-hydrogen) atoms. The van der Waals surface area contributed by atoms with Crippen LogP contribution in [0.15, 0.2) is 35.6 Å². The Hall–Kier alpha value is -3.31. The molecule has 12 heteroatoms. The quantitative estimate of drug-likeness (QED) is 0.606. The molecule has 0 fully saturated rings. The number of aliphatic imine (C=N–C) groups is 1. The highest BCUT2D eigenvalue weighted by Gasteiger charge is 2.47. The lowest BCUT2D eigenvalue weighted by molar-refractivity contribution is -0.474. The molecule has 2 aromatic rings. The van der Waals surface area contributed by atoms with Crippen LogP contribution in [0.4, 0.5) is 26.3 Å². The molecule has 0 bridgehead atoms. The Morgan fingerprint density at radius 3 is 2.48 bits per heavy atom. The summed E-state index contributed by atoms with van der Waals surface area (Å²) in [4.78, 5) is 20.1. The minimum atomic E-state index is -4.67. The summed E-state index contributed by atoms with van der Waals surface area (Å²) in [5, 5.41) is 6.28. The van der Waals surface area contributed by atoms with Gasteiger partial charge in [0.15, 0.2) is 6.04 Å². The molecule has 150 valence electrons. The Morgan fingerprint density at radius 1 is 1.10 bits per heavy atom. The Balaban J connectivity index is 1.79. The third-order valence-corrected chi connectivity index (χ3v) is 4.40. The highest BCUT2D eigenvalue weighted by atomic mass is 19.4. The summed E-state index contributed by atoms with van der Waals surface area (Å²) in [5.41, 5.74) is -0.494. The molecule has 0 spiro atoms. The van der Waals surface area contributed by atoms with Crippen LogP contribution < -0.4 is 0 Å². The predicted molar refractivity (Wildman–Crippen MR) is 87.6 cm³/mol. The number of halogens is 6. The van der Waals surface area contributed by atoms with Crippen LogP contribution >= 0.6 is 0 Å². The van der Waals surface area contributed by atoms with Crippen molar-refractivity contribution in [2.75, 3.05) is 6.54 Å². The van der Waals surface area contributed by atoms with Gasteiger partial charge in [-0.15, -0.1) is 4.58 Å². The van der Waals surface area contributed by atoms with E-state index in [1.165, 1.54) is 12.3 Å². The number of allylic oxidation sites excluding steroid dienone is 1. The molecular weight excluding hydrogens is 404 g/mol. The van der Waals surface area contributed by atoms with E-state index < -0.39 is 36.5 Å². The number of amides is 1. The van der Waals surface area contributed by atoms with Crippen LogP contribution in [-0.4, -0.2) is 50.3 Å². The zero-order valence-corrected chi connectivity index (χ0v) is 14.2. The highest BCUT2D eigenvalue weighted by molar-refractivity contribution is 6.22. The number of rotatable bonds is 2. The molecule has 0 aromatic carbocycles. The second-order valence-electron chi connectivity index (χ2n) is 6.34. The zero-order valence-electron chi connectivity index (χ0n) is 14.2. The molecule has 0 aliphatic carbocycles. The number of carbonyl (C=O) groups is 1. The molecule has 4 rings (SSSR count). The molecule has 0 radical (unpaired) electrons. The number of H-pyrrole nitrogens is 1. The van der Waals surface area contributed by atoms with Gasteiger partial charge in [-0.05, 0) is 6.07 Å². The first-order valence-corrected chi connectivity index (χ1v) is 8.12. The van der Waals surface area contributed by atoms with E-state index in [4.69, 9.17) is 0 Å². The van der Waals surface area contributed by atoms with Gasteiger partial charge in [-0.1, -0.05) is 6.07 Å². The average Bonchev–Trinajstić information content (AvgIpc) is 3.13. The second kappa shape index (κ2) is 6.36. The summed E-state index contributed by atoms with van der Waals surface area (Å²) in [7, 11) is 0. The maximum Gasteiger partial charge on any atom is 0.448 e. The summed E-state index contributed by atoms with van der Waals surface area (Å²) in [6.07, 6.45) is -4.61. The van der Waals surface area contributed by atoms with Gasteiger partial charge in [0.25, 0.3) is 0 Å². The topological polar surface area (TPSA) is 74.0 Å². The lowest BCUT2D eigenvalue weighted by atomic mass is 9.94. The van der Waals surface area contributed by atoms with Crippen LogP contribution in [0.25, 0.3) is 5.57 Å². The fraction of sp³-hybridized carbons (Fsp3) is 0.235. The van der Waals surface area contributed by atoms with Crippen molar-refractivity contribution in [2.45, 2.75) is 18.4 Å². The molecule has 1 atom stereocenters. The second-order valence-corrected chi connectivity index (χ2v) is 6.34. The maximum atomic E-state index is 13.0. The highest BCUT2D eigenvalue weighted by Crippen LogP contribution is 2.33. The lowest BCUT2D eigenvalue weighted by Crippen LogP contribution is -2.41. The number of aromatic amines is 1. The van der Waals surface area contributed by atoms with Crippen LogP contribution in [0.5, 0.6) is 0 Å². The first-order valence-electron chi connectivity index (χ1n) is 8.12. The first kappa shape index (κ1) is 19.0. The minimum absolute atomic E-state index is 0.0202. The Labute approximate surface area is 158 Å². The van der Waals surface area contributed by atoms with E-state index in [0.717, 1.165) is 24.5 Å². The molecule has 2 aliphatic heterocycles. The molecule has 2 aliphatic rings. The average molecular weight is 414 g/mol. The third-order valence-electron chi connectivity index (χ3n) is 4.40. The summed E-state index contributed by atoms with van der Waals surface area (Å²) in [5.74, 6) is -0.893. The predicted octanol–water partition coefficient (Wildman–Crippen LogP) is 3.20. The molecule has 0 saturated carbocycles. The van der Waals surface area contributed by atoms with E-state index in [1.807, 2.05) is 0 Å². The monoisotopic (exact) mass is 414 g/mol. The number of carbonyl (C=O) groups excluding carboxylic acids is 1. The number of hydrogen-bond donors (Lipinski definition) is 1. The van der Waals surface area contributed by atoms with E-state index in [-0.39, 0.29) is 28.1 Å². The van der Waals surface area contributed by atoms with Gasteiger partial charge in [0.2, 0.25) is 12.3 Å². The standard InChI is InChI=1S/C17H9F6N5O/c18-16(19,20)7-28-11-3-9(8-1-2-12(24-4-8)17(21,22)23)5-25-14(11)13-10(15(28)29)6-26-27-13/h1-6,14H,7H2/p+1. The van der Waals surface area contributed by atoms with Crippen molar-refractivity contribution in [2.24, 2.45) is 4.99 Å². The fourth-order valence-electron chi connectivity index (χ4n) is 3.12. The summed E-state index contributed by atoms with van der Waals surface area (Å²) >= 11 is 0. The summed E-state index contributed by atoms with van der Waals surface area (Å²) < 4.78 is 77.7. The number of alkyl halides is 6. The minimum Gasteiger partial charge on any atom is -0.279 e. The lowest BCUT2D eigenvalue weighted by Gasteiger charge is -2.21. The van der Waals surface area contributed by atoms with Crippen LogP contribution in [0.2, 0.25) is 0 Å². The van der Waals surface area contributed by atoms with E-state index in [2.05, 4.69) is 20.2 Å². The van der Waals surface area contributed by atoms with Gasteiger partial charge in [-0.3, -0.25) is 15.1 Å². The SMILES string of the molecule is O=C1c2cn[nH]c2C2N=CC(c3ccc(C(F)(F)F)nc3)=CC2=[N+]1CC(F)(F)F. The molecule has 0 saturated heterocycles. The molecule has 1 N–H and O–H groups in total. The van der Waals surface area contributed by atoms with Crippen LogP contribution in [0.3, 0.4) is 0 Å². The smallest absolute Gasteiger partial charge is 0.279 e. The number of hydrogen-bond acceptors (Lipinski definition) is 4. The van der Waals surface area contributed by atoms with Crippen molar-refractivity contribution in [3.05, 3.63) is 53.1 Å². The van der Waals surface area contributed by atoms with Gasteiger partial charge in [-0.25, -0.2) is 4.79 Å². The number of nitrogens with zero attached hydrogens (tertiary/aromatic N) is 4. The normalized spacial score (nSPS) is 19.2. The van der Waals surface area contributed by atoms with Crippen LogP contribution in [-0.2, 0) is 6.18 Å². The Morgan fingerprint density at radius 2 is 1.86 bits per heavy atom. The summed E-state index contributed by atoms with van der Waals surface area (Å²) in [6, 6.07) is 0.973. The molecule has 6 nitrogen and oxygen atoms in total. The number of fused-ring (bicyclic) bond motifs is 3. The van der Waals surface area contributed by atoms with E-state index >= 15 is 0 Å². The van der Waals surface area contributed by atoms with Gasteiger partial charge in [0, 0.05) is 29.6 Å². The molecule has 1 unspecified atom stereocenters. The number of nitrogens with one attached hydrogen (secondary N) is 1. The molecule has 2 aromatic heterocycles. The van der Waals surface area contributed by atoms with Gasteiger partial charge in [-0.2, -0.15) is 31.4 Å². The zero-order chi connectivity index (χ0) is 21.0. The number of aromatic nitrogens is 3. The van der Waals surface area contributed by atoms with Crippen molar-refractivity contribution in [1.29, 1.82) is 0 Å². The fourth-order valence-corrected chi connectivity index (χ4v) is 3.12. The number of dihydropyridines is 1. The van der Waals surface area contributed by atoms with Crippen molar-refractivity contribution >= 4 is 23.4 Å². The van der Waals surface area contributed by atoms with Crippen molar-refractivity contribution in [1.82, 2.24) is 15.2 Å². The third kappa shape index (κ3) is 3.45. The Kier molecular flexibility index (Phi) is 4.17. The van der Waals surface area contributed by atoms with Gasteiger partial charge < -0.3 is 0 Å². The van der Waals surface area contributed by atoms with Crippen molar-refractivity contribution in [3.8, 4) is 0 Å². The van der Waals surface area contributed by atoms with Crippen LogP contribution in [0.1, 0.15) is 33.4 Å². The Bertz CT molecular complexity index is 1070. The summed E-state index contributed by atoms with van der Waals surface area (Å²) in [6.45, 7) is -1.53.